The SMILES string of the molecule is CNC(=O)c1cccc(C)c1N1CC(CS(=O)(=O)F)CC1=O. The van der Waals surface area contributed by atoms with Gasteiger partial charge in [0, 0.05) is 25.9 Å². The van der Waals surface area contributed by atoms with Crippen LogP contribution in [0.3, 0.4) is 0 Å². The standard InChI is InChI=1S/C14H17FN2O4S/c1-9-4-3-5-11(14(19)16-2)13(9)17-7-10(6-12(17)18)8-22(15,20)21/h3-5,10H,6-8H2,1-2H3,(H,16,19). The topological polar surface area (TPSA) is 83.6 Å². The molecule has 6 nitrogen and oxygen atoms in total. The first kappa shape index (κ1) is 16.4. The molecule has 0 aromatic heterocycles. The molecule has 0 saturated carbocycles. The fraction of sp³-hybridized carbons (Fsp3) is 0.429. The Labute approximate surface area is 128 Å². The van der Waals surface area contributed by atoms with Gasteiger partial charge in [0.15, 0.2) is 0 Å². The molecule has 1 fully saturated rings. The molecule has 1 N–H and O–H groups in total. The van der Waals surface area contributed by atoms with Gasteiger partial charge in [-0.1, -0.05) is 12.1 Å². The summed E-state index contributed by atoms with van der Waals surface area (Å²) in [6, 6.07) is 5.05. The van der Waals surface area contributed by atoms with Crippen molar-refractivity contribution in [3.63, 3.8) is 0 Å². The number of para-hydroxylation sites is 1. The van der Waals surface area contributed by atoms with Gasteiger partial charge in [0.2, 0.25) is 5.91 Å². The molecule has 8 heteroatoms. The summed E-state index contributed by atoms with van der Waals surface area (Å²) in [6.07, 6.45) is -0.0509. The van der Waals surface area contributed by atoms with Crippen molar-refractivity contribution >= 4 is 27.7 Å². The Kier molecular flexibility index (Phi) is 4.50. The number of halogens is 1. The predicted molar refractivity (Wildman–Crippen MR) is 79.9 cm³/mol. The Hall–Kier alpha value is -1.96. The number of carbonyl (C=O) groups excluding carboxylic acids is 2. The molecule has 2 rings (SSSR count). The highest BCUT2D eigenvalue weighted by atomic mass is 32.3. The first-order chi connectivity index (χ1) is 10.2. The van der Waals surface area contributed by atoms with E-state index in [0.717, 1.165) is 5.56 Å². The summed E-state index contributed by atoms with van der Waals surface area (Å²) < 4.78 is 34.3. The summed E-state index contributed by atoms with van der Waals surface area (Å²) in [5.41, 5.74) is 1.50. The van der Waals surface area contributed by atoms with Gasteiger partial charge in [-0.2, -0.15) is 8.42 Å². The molecule has 2 amide bonds. The van der Waals surface area contributed by atoms with E-state index in [2.05, 4.69) is 5.32 Å². The molecular formula is C14H17FN2O4S. The van der Waals surface area contributed by atoms with Gasteiger partial charge in [0.1, 0.15) is 0 Å². The average Bonchev–Trinajstić information content (AvgIpc) is 2.75. The number of aryl methyl sites for hydroxylation is 1. The zero-order chi connectivity index (χ0) is 16.5. The number of hydrogen-bond acceptors (Lipinski definition) is 4. The van der Waals surface area contributed by atoms with E-state index in [1.54, 1.807) is 25.1 Å². The summed E-state index contributed by atoms with van der Waals surface area (Å²) in [7, 11) is -3.15. The summed E-state index contributed by atoms with van der Waals surface area (Å²) in [4.78, 5) is 25.5. The Morgan fingerprint density at radius 1 is 1.45 bits per heavy atom. The zero-order valence-corrected chi connectivity index (χ0v) is 13.1. The fourth-order valence-corrected chi connectivity index (χ4v) is 3.51. The third kappa shape index (κ3) is 3.44. The minimum atomic E-state index is -4.64. The number of hydrogen-bond donors (Lipinski definition) is 1. The van der Waals surface area contributed by atoms with Gasteiger partial charge in [-0.3, -0.25) is 9.59 Å². The van der Waals surface area contributed by atoms with Crippen molar-refractivity contribution in [1.82, 2.24) is 5.32 Å². The van der Waals surface area contributed by atoms with Gasteiger partial charge < -0.3 is 10.2 Å². The van der Waals surface area contributed by atoms with E-state index in [-0.39, 0.29) is 24.8 Å². The number of amides is 2. The molecule has 1 saturated heterocycles. The molecule has 0 radical (unpaired) electrons. The van der Waals surface area contributed by atoms with Crippen molar-refractivity contribution in [2.24, 2.45) is 5.92 Å². The predicted octanol–water partition coefficient (Wildman–Crippen LogP) is 1.01. The summed E-state index contributed by atoms with van der Waals surface area (Å²) in [5, 5.41) is 2.50. The minimum absolute atomic E-state index is 0.0509. The molecule has 0 spiro atoms. The zero-order valence-electron chi connectivity index (χ0n) is 12.3. The number of carbonyl (C=O) groups is 2. The molecule has 22 heavy (non-hydrogen) atoms. The number of anilines is 1. The molecule has 1 atom stereocenters. The molecule has 0 aliphatic carbocycles. The molecule has 1 aliphatic rings. The second-order valence-electron chi connectivity index (χ2n) is 5.33. The Bertz CT molecular complexity index is 718. The fourth-order valence-electron chi connectivity index (χ4n) is 2.73. The van der Waals surface area contributed by atoms with Crippen LogP contribution in [0.15, 0.2) is 18.2 Å². The lowest BCUT2D eigenvalue weighted by molar-refractivity contribution is -0.117. The molecule has 0 bridgehead atoms. The first-order valence-electron chi connectivity index (χ1n) is 6.77. The van der Waals surface area contributed by atoms with Crippen LogP contribution in [0.4, 0.5) is 9.57 Å². The lowest BCUT2D eigenvalue weighted by Crippen LogP contribution is -2.30. The van der Waals surface area contributed by atoms with Crippen molar-refractivity contribution < 1.29 is 21.9 Å². The maximum atomic E-state index is 12.8. The third-order valence-corrected chi connectivity index (χ3v) is 4.49. The second kappa shape index (κ2) is 6.04. The maximum absolute atomic E-state index is 12.8. The van der Waals surface area contributed by atoms with Crippen LogP contribution >= 0.6 is 0 Å². The van der Waals surface area contributed by atoms with E-state index in [9.17, 15) is 21.9 Å². The first-order valence-corrected chi connectivity index (χ1v) is 8.32. The highest BCUT2D eigenvalue weighted by Gasteiger charge is 2.35. The van der Waals surface area contributed by atoms with Crippen LogP contribution < -0.4 is 10.2 Å². The minimum Gasteiger partial charge on any atom is -0.355 e. The second-order valence-corrected chi connectivity index (χ2v) is 6.74. The lowest BCUT2D eigenvalue weighted by atomic mass is 10.1. The molecule has 1 aliphatic heterocycles. The summed E-state index contributed by atoms with van der Waals surface area (Å²) in [5.74, 6) is -1.95. The molecule has 1 aromatic rings. The van der Waals surface area contributed by atoms with Gasteiger partial charge in [0.25, 0.3) is 5.91 Å². The number of benzene rings is 1. The highest BCUT2D eigenvalue weighted by Crippen LogP contribution is 2.31. The number of rotatable bonds is 4. The Morgan fingerprint density at radius 2 is 2.14 bits per heavy atom. The third-order valence-electron chi connectivity index (χ3n) is 3.62. The van der Waals surface area contributed by atoms with Crippen LogP contribution in [0, 0.1) is 12.8 Å². The maximum Gasteiger partial charge on any atom is 0.302 e. The number of nitrogens with one attached hydrogen (secondary N) is 1. The highest BCUT2D eigenvalue weighted by molar-refractivity contribution is 7.86. The van der Waals surface area contributed by atoms with Crippen molar-refractivity contribution in [2.45, 2.75) is 13.3 Å². The van der Waals surface area contributed by atoms with Crippen molar-refractivity contribution in [1.29, 1.82) is 0 Å². The van der Waals surface area contributed by atoms with Crippen molar-refractivity contribution in [3.05, 3.63) is 29.3 Å². The van der Waals surface area contributed by atoms with E-state index in [1.165, 1.54) is 11.9 Å². The van der Waals surface area contributed by atoms with E-state index in [1.807, 2.05) is 0 Å². The van der Waals surface area contributed by atoms with Gasteiger partial charge in [-0.15, -0.1) is 3.89 Å². The van der Waals surface area contributed by atoms with Crippen LogP contribution in [0.5, 0.6) is 0 Å². The van der Waals surface area contributed by atoms with Crippen molar-refractivity contribution in [2.75, 3.05) is 24.2 Å². The normalized spacial score (nSPS) is 18.6. The molecule has 1 heterocycles. The van der Waals surface area contributed by atoms with E-state index in [4.69, 9.17) is 0 Å². The molecule has 1 aromatic carbocycles. The van der Waals surface area contributed by atoms with Crippen LogP contribution in [0.2, 0.25) is 0 Å². The van der Waals surface area contributed by atoms with E-state index in [0.29, 0.717) is 11.3 Å². The van der Waals surface area contributed by atoms with Crippen molar-refractivity contribution in [3.8, 4) is 0 Å². The monoisotopic (exact) mass is 328 g/mol. The van der Waals surface area contributed by atoms with Gasteiger partial charge in [-0.05, 0) is 18.6 Å². The Balaban J connectivity index is 2.36. The van der Waals surface area contributed by atoms with E-state index >= 15 is 0 Å². The van der Waals surface area contributed by atoms with Gasteiger partial charge in [0.05, 0.1) is 17.0 Å². The molecule has 1 unspecified atom stereocenters. The van der Waals surface area contributed by atoms with Crippen LogP contribution in [-0.2, 0) is 15.0 Å². The van der Waals surface area contributed by atoms with E-state index < -0.39 is 21.9 Å². The Morgan fingerprint density at radius 3 is 2.73 bits per heavy atom. The summed E-state index contributed by atoms with van der Waals surface area (Å²) in [6.45, 7) is 1.84. The average molecular weight is 328 g/mol. The lowest BCUT2D eigenvalue weighted by Gasteiger charge is -2.22. The molecule has 120 valence electrons. The van der Waals surface area contributed by atoms with Crippen LogP contribution in [0.1, 0.15) is 22.3 Å². The largest absolute Gasteiger partial charge is 0.355 e. The van der Waals surface area contributed by atoms with Crippen LogP contribution in [0.25, 0.3) is 0 Å². The number of nitrogens with zero attached hydrogens (tertiary/aromatic N) is 1. The quantitative estimate of drug-likeness (QED) is 0.836. The van der Waals surface area contributed by atoms with Gasteiger partial charge in [-0.25, -0.2) is 0 Å². The van der Waals surface area contributed by atoms with Crippen LogP contribution in [-0.4, -0.2) is 39.6 Å². The summed E-state index contributed by atoms with van der Waals surface area (Å²) >= 11 is 0. The smallest absolute Gasteiger partial charge is 0.302 e. The van der Waals surface area contributed by atoms with Gasteiger partial charge >= 0.3 is 10.2 Å². The molecular weight excluding hydrogens is 311 g/mol.